The fourth-order valence-corrected chi connectivity index (χ4v) is 7.06. The third kappa shape index (κ3) is 38.2. The maximum Gasteiger partial charge on any atom is 0.220 e. The van der Waals surface area contributed by atoms with Crippen LogP contribution in [0.4, 0.5) is 0 Å². The van der Waals surface area contributed by atoms with Crippen molar-refractivity contribution in [1.29, 1.82) is 0 Å². The summed E-state index contributed by atoms with van der Waals surface area (Å²) in [7, 11) is 0. The summed E-state index contributed by atoms with van der Waals surface area (Å²) in [6.07, 6.45) is 51.8. The monoisotopic (exact) mass is 692 g/mol. The molecule has 49 heavy (non-hydrogen) atoms. The minimum absolute atomic E-state index is 0.0590. The van der Waals surface area contributed by atoms with E-state index in [1.165, 1.54) is 205 Å². The smallest absolute Gasteiger partial charge is 0.220 e. The highest BCUT2D eigenvalue weighted by Gasteiger charge is 2.17. The Labute approximate surface area is 307 Å². The summed E-state index contributed by atoms with van der Waals surface area (Å²) < 4.78 is 0. The van der Waals surface area contributed by atoms with E-state index in [0.717, 1.165) is 25.7 Å². The molecule has 0 spiro atoms. The Balaban J connectivity index is 3.52. The van der Waals surface area contributed by atoms with Crippen LogP contribution < -0.4 is 5.32 Å². The first-order valence-electron chi connectivity index (χ1n) is 22.4. The van der Waals surface area contributed by atoms with Gasteiger partial charge in [0.15, 0.2) is 0 Å². The van der Waals surface area contributed by atoms with E-state index in [9.17, 15) is 15.0 Å². The molecule has 0 saturated carbocycles. The molecular weight excluding hydrogens is 602 g/mol. The van der Waals surface area contributed by atoms with E-state index in [-0.39, 0.29) is 12.5 Å². The van der Waals surface area contributed by atoms with E-state index < -0.39 is 12.1 Å². The summed E-state index contributed by atoms with van der Waals surface area (Å²) in [4.78, 5) is 12.4. The molecule has 0 fully saturated rings. The standard InChI is InChI=1S/C45H89NO3/c1-3-5-7-9-11-13-15-17-19-21-22-23-25-27-29-31-33-35-37-39-41-45(49)46-43(42-47)44(48)40-38-36-34-32-30-28-26-24-20-18-16-14-12-10-8-6-4-2/h38,40,43-44,47-48H,3-37,39,41-42H2,1-2H3,(H,46,49)/b40-38+. The van der Waals surface area contributed by atoms with Gasteiger partial charge in [0.1, 0.15) is 0 Å². The van der Waals surface area contributed by atoms with Crippen molar-refractivity contribution in [3.8, 4) is 0 Å². The Morgan fingerprint density at radius 3 is 1.06 bits per heavy atom. The lowest BCUT2D eigenvalue weighted by Gasteiger charge is -2.20. The number of aliphatic hydroxyl groups excluding tert-OH is 2. The number of carbonyl (C=O) groups is 1. The third-order valence-corrected chi connectivity index (χ3v) is 10.5. The van der Waals surface area contributed by atoms with Gasteiger partial charge in [-0.1, -0.05) is 238 Å². The van der Waals surface area contributed by atoms with Gasteiger partial charge in [-0.05, 0) is 19.3 Å². The highest BCUT2D eigenvalue weighted by atomic mass is 16.3. The summed E-state index contributed by atoms with van der Waals surface area (Å²) in [6, 6.07) is -0.616. The molecule has 0 aromatic carbocycles. The Kier molecular flexibility index (Phi) is 40.8. The van der Waals surface area contributed by atoms with E-state index in [1.807, 2.05) is 6.08 Å². The van der Waals surface area contributed by atoms with E-state index in [1.54, 1.807) is 6.08 Å². The number of unbranched alkanes of at least 4 members (excludes halogenated alkanes) is 34. The lowest BCUT2D eigenvalue weighted by Crippen LogP contribution is -2.45. The van der Waals surface area contributed by atoms with Crippen LogP contribution in [0.25, 0.3) is 0 Å². The molecule has 0 bridgehead atoms. The second-order valence-corrected chi connectivity index (χ2v) is 15.5. The molecule has 0 aliphatic rings. The lowest BCUT2D eigenvalue weighted by atomic mass is 10.0. The van der Waals surface area contributed by atoms with Crippen molar-refractivity contribution in [1.82, 2.24) is 5.32 Å². The van der Waals surface area contributed by atoms with Crippen molar-refractivity contribution in [2.75, 3.05) is 6.61 Å². The van der Waals surface area contributed by atoms with Crippen LogP contribution in [0.15, 0.2) is 12.2 Å². The van der Waals surface area contributed by atoms with Crippen LogP contribution in [-0.2, 0) is 4.79 Å². The Hall–Kier alpha value is -0.870. The van der Waals surface area contributed by atoms with Gasteiger partial charge in [0.05, 0.1) is 18.8 Å². The number of allylic oxidation sites excluding steroid dienone is 1. The average molecular weight is 692 g/mol. The van der Waals surface area contributed by atoms with Crippen LogP contribution >= 0.6 is 0 Å². The number of hydrogen-bond donors (Lipinski definition) is 3. The van der Waals surface area contributed by atoms with Crippen molar-refractivity contribution in [3.05, 3.63) is 12.2 Å². The SMILES string of the molecule is CCCCCCCCCCCCCCCCC/C=C/C(O)C(CO)NC(=O)CCCCCCCCCCCCCCCCCCCCCC. The first-order valence-corrected chi connectivity index (χ1v) is 22.4. The van der Waals surface area contributed by atoms with Crippen molar-refractivity contribution in [3.63, 3.8) is 0 Å². The van der Waals surface area contributed by atoms with E-state index in [4.69, 9.17) is 0 Å². The van der Waals surface area contributed by atoms with Gasteiger partial charge < -0.3 is 15.5 Å². The number of amides is 1. The second kappa shape index (κ2) is 41.5. The zero-order chi connectivity index (χ0) is 35.7. The van der Waals surface area contributed by atoms with Crippen molar-refractivity contribution in [2.45, 2.75) is 264 Å². The van der Waals surface area contributed by atoms with Gasteiger partial charge in [-0.25, -0.2) is 0 Å². The Morgan fingerprint density at radius 1 is 0.469 bits per heavy atom. The Morgan fingerprint density at radius 2 is 0.755 bits per heavy atom. The molecule has 4 heteroatoms. The molecule has 0 radical (unpaired) electrons. The average Bonchev–Trinajstić information content (AvgIpc) is 3.10. The molecule has 0 aliphatic heterocycles. The van der Waals surface area contributed by atoms with Gasteiger partial charge in [0.2, 0.25) is 5.91 Å². The van der Waals surface area contributed by atoms with E-state index in [0.29, 0.717) is 6.42 Å². The maximum absolute atomic E-state index is 12.4. The van der Waals surface area contributed by atoms with Gasteiger partial charge in [-0.3, -0.25) is 4.79 Å². The summed E-state index contributed by atoms with van der Waals surface area (Å²) >= 11 is 0. The largest absolute Gasteiger partial charge is 0.394 e. The Bertz CT molecular complexity index is 666. The molecule has 0 aliphatic carbocycles. The van der Waals surface area contributed by atoms with Gasteiger partial charge in [0, 0.05) is 6.42 Å². The topological polar surface area (TPSA) is 69.6 Å². The first kappa shape index (κ1) is 48.1. The quantitative estimate of drug-likeness (QED) is 0.0441. The molecule has 0 aromatic heterocycles. The van der Waals surface area contributed by atoms with Crippen LogP contribution in [0, 0.1) is 0 Å². The highest BCUT2D eigenvalue weighted by Crippen LogP contribution is 2.16. The zero-order valence-electron chi connectivity index (χ0n) is 33.5. The minimum Gasteiger partial charge on any atom is -0.394 e. The third-order valence-electron chi connectivity index (χ3n) is 10.5. The molecular formula is C45H89NO3. The highest BCUT2D eigenvalue weighted by molar-refractivity contribution is 5.76. The summed E-state index contributed by atoms with van der Waals surface area (Å²) in [5.41, 5.74) is 0. The number of nitrogens with one attached hydrogen (secondary N) is 1. The minimum atomic E-state index is -0.833. The molecule has 3 N–H and O–H groups in total. The van der Waals surface area contributed by atoms with Crippen molar-refractivity contribution < 1.29 is 15.0 Å². The molecule has 2 unspecified atom stereocenters. The molecule has 0 aromatic rings. The van der Waals surface area contributed by atoms with Crippen LogP contribution in [-0.4, -0.2) is 34.9 Å². The number of aliphatic hydroxyl groups is 2. The summed E-state index contributed by atoms with van der Waals surface area (Å²) in [5, 5.41) is 23.0. The fourth-order valence-electron chi connectivity index (χ4n) is 7.06. The first-order chi connectivity index (χ1) is 24.2. The molecule has 1 amide bonds. The summed E-state index contributed by atoms with van der Waals surface area (Å²) in [5.74, 6) is -0.0590. The van der Waals surface area contributed by atoms with E-state index >= 15 is 0 Å². The predicted octanol–water partition coefficient (Wildman–Crippen LogP) is 13.9. The molecule has 0 saturated heterocycles. The van der Waals surface area contributed by atoms with Gasteiger partial charge in [-0.2, -0.15) is 0 Å². The van der Waals surface area contributed by atoms with Crippen LogP contribution in [0.1, 0.15) is 251 Å². The van der Waals surface area contributed by atoms with E-state index in [2.05, 4.69) is 19.2 Å². The number of rotatable bonds is 41. The fraction of sp³-hybridized carbons (Fsp3) is 0.933. The van der Waals surface area contributed by atoms with Crippen LogP contribution in [0.2, 0.25) is 0 Å². The van der Waals surface area contributed by atoms with Crippen molar-refractivity contribution in [2.24, 2.45) is 0 Å². The van der Waals surface area contributed by atoms with Crippen molar-refractivity contribution >= 4 is 5.91 Å². The summed E-state index contributed by atoms with van der Waals surface area (Å²) in [6.45, 7) is 4.33. The van der Waals surface area contributed by atoms with Crippen LogP contribution in [0.3, 0.4) is 0 Å². The molecule has 2 atom stereocenters. The number of hydrogen-bond acceptors (Lipinski definition) is 3. The predicted molar refractivity (Wildman–Crippen MR) is 216 cm³/mol. The molecule has 0 heterocycles. The van der Waals surface area contributed by atoms with Gasteiger partial charge in [-0.15, -0.1) is 0 Å². The molecule has 292 valence electrons. The second-order valence-electron chi connectivity index (χ2n) is 15.5. The molecule has 0 rings (SSSR count). The zero-order valence-corrected chi connectivity index (χ0v) is 33.5. The lowest BCUT2D eigenvalue weighted by molar-refractivity contribution is -0.123. The normalized spacial score (nSPS) is 13.0. The van der Waals surface area contributed by atoms with Gasteiger partial charge >= 0.3 is 0 Å². The number of carbonyl (C=O) groups excluding carboxylic acids is 1. The maximum atomic E-state index is 12.4. The molecule has 4 nitrogen and oxygen atoms in total. The van der Waals surface area contributed by atoms with Gasteiger partial charge in [0.25, 0.3) is 0 Å². The van der Waals surface area contributed by atoms with Crippen LogP contribution in [0.5, 0.6) is 0 Å².